The number of anilines is 1. The molecule has 1 aromatic carbocycles. The van der Waals surface area contributed by atoms with Crippen molar-refractivity contribution in [3.8, 4) is 5.75 Å². The summed E-state index contributed by atoms with van der Waals surface area (Å²) >= 11 is 0. The Kier molecular flexibility index (Phi) is 4.29. The van der Waals surface area contributed by atoms with Crippen LogP contribution in [0.15, 0.2) is 18.2 Å². The number of benzene rings is 1. The van der Waals surface area contributed by atoms with E-state index in [4.69, 9.17) is 10.5 Å². The van der Waals surface area contributed by atoms with Gasteiger partial charge in [-0.2, -0.15) is 0 Å². The lowest BCUT2D eigenvalue weighted by Crippen LogP contribution is -2.49. The third-order valence-electron chi connectivity index (χ3n) is 3.62. The lowest BCUT2D eigenvalue weighted by atomic mass is 9.99. The molecule has 5 nitrogen and oxygen atoms in total. The lowest BCUT2D eigenvalue weighted by Gasteiger charge is -2.33. The second-order valence-electron chi connectivity index (χ2n) is 5.20. The molecule has 1 aromatic rings. The number of hydrogen-bond donors (Lipinski definition) is 4. The fourth-order valence-corrected chi connectivity index (χ4v) is 2.46. The van der Waals surface area contributed by atoms with Gasteiger partial charge in [-0.1, -0.05) is 6.07 Å². The molecule has 0 spiro atoms. The summed E-state index contributed by atoms with van der Waals surface area (Å²) in [5.41, 5.74) is 6.05. The van der Waals surface area contributed by atoms with Gasteiger partial charge in [0.2, 0.25) is 0 Å². The highest BCUT2D eigenvalue weighted by Gasteiger charge is 2.27. The van der Waals surface area contributed by atoms with Crippen molar-refractivity contribution < 1.29 is 9.84 Å². The first kappa shape index (κ1) is 14.1. The molecule has 1 atom stereocenters. The van der Waals surface area contributed by atoms with Crippen LogP contribution in [0.5, 0.6) is 5.75 Å². The summed E-state index contributed by atoms with van der Waals surface area (Å²) in [4.78, 5) is 0. The molecule has 0 unspecified atom stereocenters. The number of piperidine rings is 1. The summed E-state index contributed by atoms with van der Waals surface area (Å²) in [5.74, 6) is 0.588. The van der Waals surface area contributed by atoms with Gasteiger partial charge in [-0.15, -0.1) is 0 Å². The van der Waals surface area contributed by atoms with Gasteiger partial charge in [-0.25, -0.2) is 0 Å². The van der Waals surface area contributed by atoms with Gasteiger partial charge in [0.25, 0.3) is 0 Å². The molecule has 1 fully saturated rings. The van der Waals surface area contributed by atoms with Crippen LogP contribution in [0.25, 0.3) is 0 Å². The topological polar surface area (TPSA) is 79.5 Å². The number of rotatable bonds is 4. The fourth-order valence-electron chi connectivity index (χ4n) is 2.46. The van der Waals surface area contributed by atoms with Crippen molar-refractivity contribution in [3.63, 3.8) is 0 Å². The maximum atomic E-state index is 10.6. The number of nitrogens with one attached hydrogen (secondary N) is 2. The minimum absolute atomic E-state index is 0.319. The third kappa shape index (κ3) is 3.37. The maximum Gasteiger partial charge on any atom is 0.142 e. The van der Waals surface area contributed by atoms with E-state index in [9.17, 15) is 5.11 Å². The van der Waals surface area contributed by atoms with E-state index in [1.165, 1.54) is 0 Å². The molecule has 0 aliphatic carbocycles. The Labute approximate surface area is 114 Å². The molecular weight excluding hydrogens is 242 g/mol. The quantitative estimate of drug-likeness (QED) is 0.478. The monoisotopic (exact) mass is 265 g/mol. The summed E-state index contributed by atoms with van der Waals surface area (Å²) in [6.45, 7) is 3.73. The molecule has 0 amide bonds. The first-order chi connectivity index (χ1) is 9.03. The minimum atomic E-state index is -1.08. The van der Waals surface area contributed by atoms with Crippen LogP contribution in [-0.2, 0) is 5.72 Å². The number of hydrogen-bond acceptors (Lipinski definition) is 5. The zero-order chi connectivity index (χ0) is 13.9. The minimum Gasteiger partial charge on any atom is -0.495 e. The Morgan fingerprint density at radius 1 is 1.42 bits per heavy atom. The molecule has 0 aromatic heterocycles. The van der Waals surface area contributed by atoms with E-state index in [0.717, 1.165) is 31.5 Å². The average molecular weight is 265 g/mol. The van der Waals surface area contributed by atoms with Gasteiger partial charge >= 0.3 is 0 Å². The van der Waals surface area contributed by atoms with Gasteiger partial charge in [0.05, 0.1) is 12.8 Å². The van der Waals surface area contributed by atoms with Gasteiger partial charge in [0.15, 0.2) is 0 Å². The van der Waals surface area contributed by atoms with Crippen molar-refractivity contribution in [2.75, 3.05) is 25.9 Å². The molecule has 0 saturated carbocycles. The van der Waals surface area contributed by atoms with E-state index in [1.807, 2.05) is 6.07 Å². The second kappa shape index (κ2) is 5.77. The highest BCUT2D eigenvalue weighted by molar-refractivity contribution is 5.54. The van der Waals surface area contributed by atoms with Crippen LogP contribution in [0.4, 0.5) is 5.69 Å². The summed E-state index contributed by atoms with van der Waals surface area (Å²) < 4.78 is 5.20. The predicted octanol–water partition coefficient (Wildman–Crippen LogP) is 0.784. The molecule has 1 aliphatic rings. The van der Waals surface area contributed by atoms with Crippen molar-refractivity contribution in [1.29, 1.82) is 0 Å². The molecule has 0 bridgehead atoms. The van der Waals surface area contributed by atoms with E-state index in [0.29, 0.717) is 17.5 Å². The van der Waals surface area contributed by atoms with Crippen LogP contribution >= 0.6 is 0 Å². The fraction of sp³-hybridized carbons (Fsp3) is 0.571. The Balaban J connectivity index is 2.13. The van der Waals surface area contributed by atoms with E-state index < -0.39 is 5.72 Å². The summed E-state index contributed by atoms with van der Waals surface area (Å²) in [7, 11) is 1.57. The van der Waals surface area contributed by atoms with Crippen molar-refractivity contribution >= 4 is 5.69 Å². The molecule has 0 radical (unpaired) electrons. The summed E-state index contributed by atoms with van der Waals surface area (Å²) in [6, 6.07) is 5.68. The average Bonchev–Trinajstić information content (AvgIpc) is 2.39. The van der Waals surface area contributed by atoms with Crippen molar-refractivity contribution in [2.45, 2.75) is 31.5 Å². The lowest BCUT2D eigenvalue weighted by molar-refractivity contribution is 0.00365. The highest BCUT2D eigenvalue weighted by Crippen LogP contribution is 2.28. The van der Waals surface area contributed by atoms with Gasteiger partial charge in [0, 0.05) is 11.6 Å². The molecule has 1 heterocycles. The Bertz CT molecular complexity index is 429. The van der Waals surface area contributed by atoms with Gasteiger partial charge in [0.1, 0.15) is 11.5 Å². The van der Waals surface area contributed by atoms with Crippen molar-refractivity contribution in [1.82, 2.24) is 10.6 Å². The number of nitrogen functional groups attached to an aromatic ring is 1. The molecule has 1 saturated heterocycles. The number of ether oxygens (including phenoxy) is 1. The zero-order valence-electron chi connectivity index (χ0n) is 11.6. The largest absolute Gasteiger partial charge is 0.495 e. The van der Waals surface area contributed by atoms with Crippen molar-refractivity contribution in [2.24, 2.45) is 0 Å². The smallest absolute Gasteiger partial charge is 0.142 e. The number of aliphatic hydroxyl groups is 1. The van der Waals surface area contributed by atoms with E-state index in [1.54, 1.807) is 26.2 Å². The highest BCUT2D eigenvalue weighted by atomic mass is 16.5. The van der Waals surface area contributed by atoms with Gasteiger partial charge < -0.3 is 20.9 Å². The molecule has 1 aliphatic heterocycles. The number of methoxy groups -OCH3 is 1. The van der Waals surface area contributed by atoms with E-state index >= 15 is 0 Å². The molecule has 2 rings (SSSR count). The van der Waals surface area contributed by atoms with Crippen LogP contribution in [0.1, 0.15) is 25.3 Å². The molecular formula is C14H23N3O2. The normalized spacial score (nSPS) is 19.9. The van der Waals surface area contributed by atoms with Gasteiger partial charge in [-0.05, 0) is 45.0 Å². The van der Waals surface area contributed by atoms with Crippen molar-refractivity contribution in [3.05, 3.63) is 23.8 Å². The van der Waals surface area contributed by atoms with Crippen LogP contribution in [-0.4, -0.2) is 31.3 Å². The Morgan fingerprint density at radius 2 is 2.11 bits per heavy atom. The molecule has 19 heavy (non-hydrogen) atoms. The van der Waals surface area contributed by atoms with Crippen LogP contribution in [0, 0.1) is 0 Å². The SMILES string of the molecule is COc1cc([C@](C)(O)NC2CCNCC2)ccc1N. The predicted molar refractivity (Wildman–Crippen MR) is 76.0 cm³/mol. The van der Waals surface area contributed by atoms with Gasteiger partial charge in [-0.3, -0.25) is 5.32 Å². The summed E-state index contributed by atoms with van der Waals surface area (Å²) in [5, 5.41) is 17.2. The zero-order valence-corrected chi connectivity index (χ0v) is 11.6. The standard InChI is InChI=1S/C14H23N3O2/c1-14(18,17-11-5-7-16-8-6-11)10-3-4-12(15)13(9-10)19-2/h3-4,9,11,16-18H,5-8,15H2,1-2H3/t14-/m0/s1. The molecule has 106 valence electrons. The van der Waals surface area contributed by atoms with Crippen LogP contribution in [0.3, 0.4) is 0 Å². The number of nitrogens with two attached hydrogens (primary N) is 1. The van der Waals surface area contributed by atoms with Crippen LogP contribution in [0.2, 0.25) is 0 Å². The Morgan fingerprint density at radius 3 is 2.74 bits per heavy atom. The molecule has 5 heteroatoms. The van der Waals surface area contributed by atoms with E-state index in [2.05, 4.69) is 10.6 Å². The third-order valence-corrected chi connectivity index (χ3v) is 3.62. The first-order valence-corrected chi connectivity index (χ1v) is 6.67. The first-order valence-electron chi connectivity index (χ1n) is 6.67. The maximum absolute atomic E-state index is 10.6. The molecule has 5 N–H and O–H groups in total. The van der Waals surface area contributed by atoms with Crippen LogP contribution < -0.4 is 21.1 Å². The van der Waals surface area contributed by atoms with E-state index in [-0.39, 0.29) is 0 Å². The second-order valence-corrected chi connectivity index (χ2v) is 5.20. The summed E-state index contributed by atoms with van der Waals surface area (Å²) in [6.07, 6.45) is 2.03. The Hall–Kier alpha value is -1.30.